The van der Waals surface area contributed by atoms with Gasteiger partial charge in [-0.3, -0.25) is 19.3 Å². The molecule has 0 saturated heterocycles. The van der Waals surface area contributed by atoms with Gasteiger partial charge in [-0.25, -0.2) is 0 Å². The normalized spacial score (nSPS) is 13.9. The molecule has 0 bridgehead atoms. The van der Waals surface area contributed by atoms with Gasteiger partial charge in [0.05, 0.1) is 6.61 Å². The molecule has 0 aromatic carbocycles. The summed E-state index contributed by atoms with van der Waals surface area (Å²) in [5.74, 6) is -0.452. The Morgan fingerprint density at radius 3 is 2.00 bits per heavy atom. The van der Waals surface area contributed by atoms with E-state index >= 15 is 0 Å². The Morgan fingerprint density at radius 2 is 1.43 bits per heavy atom. The zero-order chi connectivity index (χ0) is 16.9. The van der Waals surface area contributed by atoms with Gasteiger partial charge in [0, 0.05) is 25.1 Å². The molecule has 0 fully saturated rings. The van der Waals surface area contributed by atoms with Crippen molar-refractivity contribution in [2.24, 2.45) is 0 Å². The summed E-state index contributed by atoms with van der Waals surface area (Å²) in [6.45, 7) is 3.05. The number of carbonyl (C=O) groups is 3. The lowest BCUT2D eigenvalue weighted by atomic mass is 10.1. The number of esters is 1. The van der Waals surface area contributed by atoms with Crippen LogP contribution in [0, 0.1) is 0 Å². The highest BCUT2D eigenvalue weighted by atomic mass is 16.5. The zero-order valence-electron chi connectivity index (χ0n) is 14.2. The summed E-state index contributed by atoms with van der Waals surface area (Å²) < 4.78 is 5.03. The third-order valence-electron chi connectivity index (χ3n) is 3.88. The van der Waals surface area contributed by atoms with Gasteiger partial charge in [-0.15, -0.1) is 0 Å². The van der Waals surface area contributed by atoms with Gasteiger partial charge in [0.1, 0.15) is 0 Å². The molecule has 0 saturated carbocycles. The summed E-state index contributed by atoms with van der Waals surface area (Å²) in [6, 6.07) is 0. The highest BCUT2D eigenvalue weighted by Gasteiger charge is 2.21. The van der Waals surface area contributed by atoms with E-state index in [9.17, 15) is 14.4 Å². The molecule has 0 aromatic rings. The van der Waals surface area contributed by atoms with Crippen molar-refractivity contribution in [1.29, 1.82) is 0 Å². The van der Waals surface area contributed by atoms with Crippen LogP contribution in [0.4, 0.5) is 0 Å². The van der Waals surface area contributed by atoms with Crippen LogP contribution in [0.5, 0.6) is 0 Å². The summed E-state index contributed by atoms with van der Waals surface area (Å²) in [7, 11) is 0. The molecule has 5 nitrogen and oxygen atoms in total. The number of hydrogen-bond acceptors (Lipinski definition) is 4. The molecule has 130 valence electrons. The first-order valence-corrected chi connectivity index (χ1v) is 8.84. The third kappa shape index (κ3) is 8.53. The van der Waals surface area contributed by atoms with Crippen LogP contribution in [0.3, 0.4) is 0 Å². The molecule has 1 aliphatic rings. The van der Waals surface area contributed by atoms with Crippen LogP contribution in [0.25, 0.3) is 0 Å². The second kappa shape index (κ2) is 11.9. The Bertz CT molecular complexity index is 399. The summed E-state index contributed by atoms with van der Waals surface area (Å²) in [4.78, 5) is 35.3. The van der Waals surface area contributed by atoms with Crippen molar-refractivity contribution in [3.05, 3.63) is 12.2 Å². The first-order chi connectivity index (χ1) is 11.1. The fourth-order valence-electron chi connectivity index (χ4n) is 2.54. The SMILES string of the molecule is CCCOC(=O)CCCCCCCCCCN1C(=O)C=CC1=O. The molecule has 1 aliphatic heterocycles. The molecule has 0 aromatic heterocycles. The summed E-state index contributed by atoms with van der Waals surface area (Å²) >= 11 is 0. The molecule has 5 heteroatoms. The van der Waals surface area contributed by atoms with Crippen molar-refractivity contribution in [2.45, 2.75) is 71.1 Å². The predicted octanol–water partition coefficient (Wildman–Crippen LogP) is 3.38. The van der Waals surface area contributed by atoms with Gasteiger partial charge in [-0.1, -0.05) is 45.4 Å². The highest BCUT2D eigenvalue weighted by molar-refractivity contribution is 6.12. The van der Waals surface area contributed by atoms with Crippen LogP contribution in [-0.2, 0) is 19.1 Å². The van der Waals surface area contributed by atoms with E-state index in [1.165, 1.54) is 29.9 Å². The molecule has 1 heterocycles. The van der Waals surface area contributed by atoms with E-state index in [-0.39, 0.29) is 17.8 Å². The molecule has 2 amide bonds. The maximum Gasteiger partial charge on any atom is 0.305 e. The Kier molecular flexibility index (Phi) is 10.00. The minimum atomic E-state index is -0.188. The second-order valence-electron chi connectivity index (χ2n) is 5.96. The van der Waals surface area contributed by atoms with E-state index in [0.29, 0.717) is 19.6 Å². The number of carbonyl (C=O) groups excluding carboxylic acids is 3. The molecule has 1 rings (SSSR count). The second-order valence-corrected chi connectivity index (χ2v) is 5.96. The number of amides is 2. The largest absolute Gasteiger partial charge is 0.466 e. The van der Waals surface area contributed by atoms with Gasteiger partial charge < -0.3 is 4.74 Å². The Labute approximate surface area is 139 Å². The first-order valence-electron chi connectivity index (χ1n) is 8.84. The summed E-state index contributed by atoms with van der Waals surface area (Å²) in [6.07, 6.45) is 12.6. The standard InChI is InChI=1S/C18H29NO4/c1-2-15-23-18(22)11-9-7-5-3-4-6-8-10-14-19-16(20)12-13-17(19)21/h12-13H,2-11,14-15H2,1H3. The van der Waals surface area contributed by atoms with E-state index in [1.807, 2.05) is 6.92 Å². The minimum Gasteiger partial charge on any atom is -0.466 e. The van der Waals surface area contributed by atoms with Gasteiger partial charge in [0.15, 0.2) is 0 Å². The number of nitrogens with zero attached hydrogens (tertiary/aromatic N) is 1. The lowest BCUT2D eigenvalue weighted by molar-refractivity contribution is -0.144. The van der Waals surface area contributed by atoms with Gasteiger partial charge in [0.2, 0.25) is 0 Å². The predicted molar refractivity (Wildman–Crippen MR) is 88.7 cm³/mol. The minimum absolute atomic E-state index is 0.0765. The van der Waals surface area contributed by atoms with Crippen molar-refractivity contribution in [1.82, 2.24) is 4.90 Å². The number of hydrogen-bond donors (Lipinski definition) is 0. The first kappa shape index (κ1) is 19.4. The topological polar surface area (TPSA) is 63.7 Å². The Hall–Kier alpha value is -1.65. The Morgan fingerprint density at radius 1 is 0.913 bits per heavy atom. The summed E-state index contributed by atoms with van der Waals surface area (Å²) in [5.41, 5.74) is 0. The van der Waals surface area contributed by atoms with Crippen molar-refractivity contribution < 1.29 is 19.1 Å². The average Bonchev–Trinajstić information content (AvgIpc) is 2.86. The van der Waals surface area contributed by atoms with Crippen LogP contribution in [0.1, 0.15) is 71.1 Å². The van der Waals surface area contributed by atoms with E-state index < -0.39 is 0 Å². The van der Waals surface area contributed by atoms with Crippen molar-refractivity contribution in [2.75, 3.05) is 13.2 Å². The fourth-order valence-corrected chi connectivity index (χ4v) is 2.54. The van der Waals surface area contributed by atoms with Crippen LogP contribution < -0.4 is 0 Å². The molecule has 0 N–H and O–H groups in total. The maximum atomic E-state index is 11.3. The monoisotopic (exact) mass is 323 g/mol. The molecule has 0 spiro atoms. The fraction of sp³-hybridized carbons (Fsp3) is 0.722. The lowest BCUT2D eigenvalue weighted by Gasteiger charge is -2.12. The van der Waals surface area contributed by atoms with Crippen LogP contribution in [-0.4, -0.2) is 35.8 Å². The van der Waals surface area contributed by atoms with E-state index in [1.54, 1.807) is 0 Å². The number of imide groups is 1. The summed E-state index contributed by atoms with van der Waals surface area (Å²) in [5, 5.41) is 0. The van der Waals surface area contributed by atoms with Gasteiger partial charge in [0.25, 0.3) is 11.8 Å². The molecular weight excluding hydrogens is 294 g/mol. The van der Waals surface area contributed by atoms with Crippen LogP contribution >= 0.6 is 0 Å². The van der Waals surface area contributed by atoms with Gasteiger partial charge >= 0.3 is 5.97 Å². The highest BCUT2D eigenvalue weighted by Crippen LogP contribution is 2.11. The van der Waals surface area contributed by atoms with Gasteiger partial charge in [-0.2, -0.15) is 0 Å². The molecule has 0 atom stereocenters. The van der Waals surface area contributed by atoms with Crippen molar-refractivity contribution in [3.63, 3.8) is 0 Å². The van der Waals surface area contributed by atoms with E-state index in [2.05, 4.69) is 0 Å². The molecule has 0 unspecified atom stereocenters. The molecule has 0 radical (unpaired) electrons. The molecular formula is C18H29NO4. The molecule has 23 heavy (non-hydrogen) atoms. The number of rotatable bonds is 13. The van der Waals surface area contributed by atoms with Crippen molar-refractivity contribution in [3.8, 4) is 0 Å². The van der Waals surface area contributed by atoms with E-state index in [0.717, 1.165) is 44.9 Å². The number of ether oxygens (including phenoxy) is 1. The van der Waals surface area contributed by atoms with Gasteiger partial charge in [-0.05, 0) is 19.3 Å². The maximum absolute atomic E-state index is 11.3. The quantitative estimate of drug-likeness (QED) is 0.296. The lowest BCUT2D eigenvalue weighted by Crippen LogP contribution is -2.30. The number of unbranched alkanes of at least 4 members (excludes halogenated alkanes) is 7. The third-order valence-corrected chi connectivity index (χ3v) is 3.88. The molecule has 0 aliphatic carbocycles. The van der Waals surface area contributed by atoms with Crippen molar-refractivity contribution >= 4 is 17.8 Å². The van der Waals surface area contributed by atoms with Crippen LogP contribution in [0.15, 0.2) is 12.2 Å². The average molecular weight is 323 g/mol. The Balaban J connectivity index is 1.84. The zero-order valence-corrected chi connectivity index (χ0v) is 14.2. The van der Waals surface area contributed by atoms with Crippen LogP contribution in [0.2, 0.25) is 0 Å². The van der Waals surface area contributed by atoms with E-state index in [4.69, 9.17) is 4.74 Å². The smallest absolute Gasteiger partial charge is 0.305 e.